The van der Waals surface area contributed by atoms with Crippen molar-refractivity contribution in [1.82, 2.24) is 10.2 Å². The van der Waals surface area contributed by atoms with Crippen LogP contribution in [-0.4, -0.2) is 49.3 Å². The van der Waals surface area contributed by atoms with Crippen LogP contribution in [0.4, 0.5) is 0 Å². The number of nitrogens with zero attached hydrogens (tertiary/aromatic N) is 1. The fourth-order valence-electron chi connectivity index (χ4n) is 2.86. The third-order valence-electron chi connectivity index (χ3n) is 4.48. The van der Waals surface area contributed by atoms with Gasteiger partial charge in [0.2, 0.25) is 0 Å². The van der Waals surface area contributed by atoms with Gasteiger partial charge in [0.1, 0.15) is 0 Å². The molecule has 0 heterocycles. The molecule has 1 rings (SSSR count). The number of aliphatic hydroxyl groups excluding tert-OH is 1. The van der Waals surface area contributed by atoms with Gasteiger partial charge in [0.05, 0.1) is 6.61 Å². The molecular weight excluding hydrogens is 212 g/mol. The largest absolute Gasteiger partial charge is 0.395 e. The van der Waals surface area contributed by atoms with Crippen molar-refractivity contribution in [2.75, 3.05) is 27.2 Å². The molecule has 3 heteroatoms. The molecule has 1 unspecified atom stereocenters. The standard InChI is InChI=1S/C14H30N2O/c1-4-12-5-7-14(8-6-12)16(3)10-9-13(11-17)15-2/h12-15,17H,4-11H2,1-3H3. The SMILES string of the molecule is CCC1CCC(N(C)CCC(CO)NC)CC1. The van der Waals surface area contributed by atoms with Crippen LogP contribution in [0.5, 0.6) is 0 Å². The summed E-state index contributed by atoms with van der Waals surface area (Å²) in [5.41, 5.74) is 0. The van der Waals surface area contributed by atoms with Crippen molar-refractivity contribution in [2.45, 2.75) is 57.5 Å². The first-order valence-electron chi connectivity index (χ1n) is 7.19. The molecule has 1 saturated carbocycles. The van der Waals surface area contributed by atoms with E-state index in [0.29, 0.717) is 0 Å². The van der Waals surface area contributed by atoms with E-state index in [1.54, 1.807) is 0 Å². The van der Waals surface area contributed by atoms with Gasteiger partial charge in [0.15, 0.2) is 0 Å². The number of likely N-dealkylation sites (N-methyl/N-ethyl adjacent to an activating group) is 1. The maximum absolute atomic E-state index is 9.13. The van der Waals surface area contributed by atoms with Gasteiger partial charge in [-0.1, -0.05) is 13.3 Å². The van der Waals surface area contributed by atoms with Gasteiger partial charge >= 0.3 is 0 Å². The second-order valence-electron chi connectivity index (χ2n) is 5.52. The van der Waals surface area contributed by atoms with Crippen LogP contribution in [0.15, 0.2) is 0 Å². The summed E-state index contributed by atoms with van der Waals surface area (Å²) in [4.78, 5) is 2.49. The lowest BCUT2D eigenvalue weighted by Crippen LogP contribution is -2.39. The molecular formula is C14H30N2O. The summed E-state index contributed by atoms with van der Waals surface area (Å²) in [5.74, 6) is 0.974. The minimum atomic E-state index is 0.243. The maximum atomic E-state index is 9.13. The molecule has 0 aliphatic heterocycles. The Morgan fingerprint density at radius 2 is 1.94 bits per heavy atom. The van der Waals surface area contributed by atoms with Crippen LogP contribution in [0.1, 0.15) is 45.4 Å². The minimum absolute atomic E-state index is 0.243. The van der Waals surface area contributed by atoms with E-state index in [0.717, 1.165) is 24.9 Å². The quantitative estimate of drug-likeness (QED) is 0.715. The fraction of sp³-hybridized carbons (Fsp3) is 1.00. The Balaban J connectivity index is 2.22. The van der Waals surface area contributed by atoms with Gasteiger partial charge in [-0.25, -0.2) is 0 Å². The molecule has 17 heavy (non-hydrogen) atoms. The fourth-order valence-corrected chi connectivity index (χ4v) is 2.86. The van der Waals surface area contributed by atoms with Crippen molar-refractivity contribution >= 4 is 0 Å². The van der Waals surface area contributed by atoms with Crippen LogP contribution in [0.2, 0.25) is 0 Å². The van der Waals surface area contributed by atoms with Gasteiger partial charge in [-0.3, -0.25) is 0 Å². The summed E-state index contributed by atoms with van der Waals surface area (Å²) in [6.07, 6.45) is 7.92. The number of aliphatic hydroxyl groups is 1. The average Bonchev–Trinajstić information content (AvgIpc) is 2.39. The van der Waals surface area contributed by atoms with Gasteiger partial charge in [-0.05, 0) is 58.7 Å². The first kappa shape index (κ1) is 14.9. The van der Waals surface area contributed by atoms with E-state index in [4.69, 9.17) is 5.11 Å². The highest BCUT2D eigenvalue weighted by molar-refractivity contribution is 4.78. The number of hydrogen-bond acceptors (Lipinski definition) is 3. The summed E-state index contributed by atoms with van der Waals surface area (Å²) in [6.45, 7) is 3.65. The number of rotatable bonds is 7. The second kappa shape index (κ2) is 8.06. The Bertz CT molecular complexity index is 187. The van der Waals surface area contributed by atoms with Crippen molar-refractivity contribution in [3.8, 4) is 0 Å². The highest BCUT2D eigenvalue weighted by atomic mass is 16.3. The van der Waals surface area contributed by atoms with Crippen LogP contribution < -0.4 is 5.32 Å². The smallest absolute Gasteiger partial charge is 0.0585 e. The van der Waals surface area contributed by atoms with Crippen LogP contribution in [-0.2, 0) is 0 Å². The molecule has 102 valence electrons. The van der Waals surface area contributed by atoms with Gasteiger partial charge in [0.25, 0.3) is 0 Å². The molecule has 0 amide bonds. The van der Waals surface area contributed by atoms with Gasteiger partial charge in [-0.15, -0.1) is 0 Å². The molecule has 1 atom stereocenters. The topological polar surface area (TPSA) is 35.5 Å². The van der Waals surface area contributed by atoms with Crippen molar-refractivity contribution in [1.29, 1.82) is 0 Å². The summed E-state index contributed by atoms with van der Waals surface area (Å²) < 4.78 is 0. The molecule has 1 aliphatic rings. The van der Waals surface area contributed by atoms with Crippen molar-refractivity contribution in [3.63, 3.8) is 0 Å². The summed E-state index contributed by atoms with van der Waals surface area (Å²) in [5, 5.41) is 12.3. The van der Waals surface area contributed by atoms with Crippen LogP contribution in [0.25, 0.3) is 0 Å². The lowest BCUT2D eigenvalue weighted by atomic mass is 9.84. The summed E-state index contributed by atoms with van der Waals surface area (Å²) >= 11 is 0. The zero-order valence-electron chi connectivity index (χ0n) is 11.8. The molecule has 0 radical (unpaired) electrons. The molecule has 0 bridgehead atoms. The van der Waals surface area contributed by atoms with E-state index in [-0.39, 0.29) is 12.6 Å². The predicted octanol–water partition coefficient (Wildman–Crippen LogP) is 1.86. The maximum Gasteiger partial charge on any atom is 0.0585 e. The normalized spacial score (nSPS) is 27.4. The van der Waals surface area contributed by atoms with Gasteiger partial charge in [0, 0.05) is 12.1 Å². The Morgan fingerprint density at radius 3 is 2.41 bits per heavy atom. The van der Waals surface area contributed by atoms with E-state index in [1.807, 2.05) is 7.05 Å². The molecule has 1 fully saturated rings. The van der Waals surface area contributed by atoms with Crippen LogP contribution >= 0.6 is 0 Å². The lowest BCUT2D eigenvalue weighted by molar-refractivity contribution is 0.150. The van der Waals surface area contributed by atoms with E-state index >= 15 is 0 Å². The predicted molar refractivity (Wildman–Crippen MR) is 73.2 cm³/mol. The zero-order chi connectivity index (χ0) is 12.7. The van der Waals surface area contributed by atoms with Crippen LogP contribution in [0.3, 0.4) is 0 Å². The highest BCUT2D eigenvalue weighted by Gasteiger charge is 2.23. The van der Waals surface area contributed by atoms with E-state index in [9.17, 15) is 0 Å². The Hall–Kier alpha value is -0.120. The molecule has 0 spiro atoms. The summed E-state index contributed by atoms with van der Waals surface area (Å²) in [6, 6.07) is 1.03. The van der Waals surface area contributed by atoms with E-state index < -0.39 is 0 Å². The monoisotopic (exact) mass is 242 g/mol. The Morgan fingerprint density at radius 1 is 1.29 bits per heavy atom. The molecule has 1 aliphatic carbocycles. The molecule has 2 N–H and O–H groups in total. The third-order valence-corrected chi connectivity index (χ3v) is 4.48. The van der Waals surface area contributed by atoms with Gasteiger partial charge in [-0.2, -0.15) is 0 Å². The van der Waals surface area contributed by atoms with Crippen molar-refractivity contribution in [2.24, 2.45) is 5.92 Å². The number of nitrogens with one attached hydrogen (secondary N) is 1. The number of hydrogen-bond donors (Lipinski definition) is 2. The van der Waals surface area contributed by atoms with Gasteiger partial charge < -0.3 is 15.3 Å². The first-order chi connectivity index (χ1) is 8.21. The molecule has 0 aromatic rings. The van der Waals surface area contributed by atoms with Crippen molar-refractivity contribution < 1.29 is 5.11 Å². The van der Waals surface area contributed by atoms with Crippen molar-refractivity contribution in [3.05, 3.63) is 0 Å². The summed E-state index contributed by atoms with van der Waals surface area (Å²) in [7, 11) is 4.16. The Labute approximate surface area is 107 Å². The minimum Gasteiger partial charge on any atom is -0.395 e. The molecule has 0 aromatic heterocycles. The zero-order valence-corrected chi connectivity index (χ0v) is 11.8. The Kier molecular flexibility index (Phi) is 7.09. The van der Waals surface area contributed by atoms with Crippen LogP contribution in [0, 0.1) is 5.92 Å². The van der Waals surface area contributed by atoms with E-state index in [1.165, 1.54) is 32.1 Å². The molecule has 0 saturated heterocycles. The third kappa shape index (κ3) is 4.94. The molecule has 0 aromatic carbocycles. The first-order valence-corrected chi connectivity index (χ1v) is 7.19. The highest BCUT2D eigenvalue weighted by Crippen LogP contribution is 2.28. The molecule has 3 nitrogen and oxygen atoms in total. The van der Waals surface area contributed by atoms with E-state index in [2.05, 4.69) is 24.2 Å². The second-order valence-corrected chi connectivity index (χ2v) is 5.52. The lowest BCUT2D eigenvalue weighted by Gasteiger charge is -2.35. The average molecular weight is 242 g/mol.